The quantitative estimate of drug-likeness (QED) is 0.328. The fraction of sp³-hybridized carbons (Fsp3) is 0.280. The SMILES string of the molecule is Oc1ccc(Cc2ccccc2)cc1Pc1ccccc1CN1CCCCC1.[Cl][Ti][Cl]. The number of likely N-dealkylation sites (tertiary alicyclic amines) is 1. The minimum atomic E-state index is -0.556. The fourth-order valence-corrected chi connectivity index (χ4v) is 5.17. The van der Waals surface area contributed by atoms with Crippen molar-refractivity contribution in [2.24, 2.45) is 0 Å². The molecule has 0 bridgehead atoms. The van der Waals surface area contributed by atoms with E-state index >= 15 is 0 Å². The minimum absolute atomic E-state index is 0.405. The van der Waals surface area contributed by atoms with Gasteiger partial charge in [0.15, 0.2) is 0 Å². The van der Waals surface area contributed by atoms with Gasteiger partial charge in [0.1, 0.15) is 5.75 Å². The molecular formula is C25H28Cl2NOPTi. The first-order valence-electron chi connectivity index (χ1n) is 10.6. The number of hydrogen-bond donors (Lipinski definition) is 1. The van der Waals surface area contributed by atoms with Gasteiger partial charge in [-0.2, -0.15) is 0 Å². The van der Waals surface area contributed by atoms with Crippen molar-refractivity contribution < 1.29 is 22.1 Å². The zero-order valence-corrected chi connectivity index (χ0v) is 21.6. The van der Waals surface area contributed by atoms with Gasteiger partial charge in [0, 0.05) is 11.8 Å². The zero-order chi connectivity index (χ0) is 21.9. The van der Waals surface area contributed by atoms with E-state index in [1.165, 1.54) is 54.3 Å². The Morgan fingerprint density at radius 2 is 1.48 bits per heavy atom. The van der Waals surface area contributed by atoms with Gasteiger partial charge >= 0.3 is 35.6 Å². The Labute approximate surface area is 204 Å². The van der Waals surface area contributed by atoms with E-state index in [0.717, 1.165) is 18.3 Å². The molecule has 0 aliphatic carbocycles. The van der Waals surface area contributed by atoms with Crippen LogP contribution in [0.2, 0.25) is 0 Å². The second-order valence-corrected chi connectivity index (χ2v) is 11.6. The van der Waals surface area contributed by atoms with Gasteiger partial charge in [0.25, 0.3) is 0 Å². The maximum atomic E-state index is 10.5. The van der Waals surface area contributed by atoms with Crippen molar-refractivity contribution in [3.8, 4) is 5.75 Å². The molecule has 0 amide bonds. The van der Waals surface area contributed by atoms with E-state index in [9.17, 15) is 5.11 Å². The van der Waals surface area contributed by atoms with Crippen molar-refractivity contribution in [2.75, 3.05) is 13.1 Å². The zero-order valence-electron chi connectivity index (χ0n) is 17.5. The van der Waals surface area contributed by atoms with Crippen LogP contribution in [-0.4, -0.2) is 23.1 Å². The maximum absolute atomic E-state index is 10.5. The summed E-state index contributed by atoms with van der Waals surface area (Å²) in [5.41, 5.74) is 3.95. The number of phenols is 1. The van der Waals surface area contributed by atoms with Crippen molar-refractivity contribution in [3.63, 3.8) is 0 Å². The molecule has 0 radical (unpaired) electrons. The Morgan fingerprint density at radius 3 is 2.23 bits per heavy atom. The van der Waals surface area contributed by atoms with Crippen LogP contribution in [0.1, 0.15) is 36.0 Å². The van der Waals surface area contributed by atoms with Gasteiger partial charge in [-0.15, -0.1) is 0 Å². The molecule has 0 aromatic heterocycles. The molecule has 1 N–H and O–H groups in total. The van der Waals surface area contributed by atoms with Crippen LogP contribution in [0.5, 0.6) is 5.75 Å². The first kappa shape index (κ1) is 24.8. The Hall–Kier alpha value is -0.856. The van der Waals surface area contributed by atoms with E-state index in [1.54, 1.807) is 0 Å². The van der Waals surface area contributed by atoms with Gasteiger partial charge in [-0.25, -0.2) is 0 Å². The van der Waals surface area contributed by atoms with E-state index in [-0.39, 0.29) is 0 Å². The first-order chi connectivity index (χ1) is 15.2. The monoisotopic (exact) mass is 507 g/mol. The molecule has 1 fully saturated rings. The number of hydrogen-bond acceptors (Lipinski definition) is 2. The number of aromatic hydroxyl groups is 1. The number of halogens is 2. The fourth-order valence-electron chi connectivity index (χ4n) is 3.91. The van der Waals surface area contributed by atoms with E-state index in [4.69, 9.17) is 18.6 Å². The summed E-state index contributed by atoms with van der Waals surface area (Å²) in [5.74, 6) is 0.405. The molecule has 31 heavy (non-hydrogen) atoms. The summed E-state index contributed by atoms with van der Waals surface area (Å²) in [6.45, 7) is 3.43. The number of benzene rings is 3. The molecule has 1 atom stereocenters. The van der Waals surface area contributed by atoms with Gasteiger partial charge in [0.2, 0.25) is 0 Å². The van der Waals surface area contributed by atoms with Gasteiger partial charge in [-0.3, -0.25) is 4.90 Å². The van der Waals surface area contributed by atoms with Crippen LogP contribution in [0, 0.1) is 0 Å². The number of phenolic OH excluding ortho intramolecular Hbond substituents is 1. The molecule has 3 aromatic carbocycles. The summed E-state index contributed by atoms with van der Waals surface area (Å²) < 4.78 is 0. The molecule has 1 unspecified atom stereocenters. The topological polar surface area (TPSA) is 23.5 Å². The summed E-state index contributed by atoms with van der Waals surface area (Å²) in [7, 11) is 10.3. The van der Waals surface area contributed by atoms with E-state index in [2.05, 4.69) is 59.5 Å². The predicted molar refractivity (Wildman–Crippen MR) is 132 cm³/mol. The van der Waals surface area contributed by atoms with Gasteiger partial charge in [0.05, 0.1) is 0 Å². The number of nitrogens with zero attached hydrogens (tertiary/aromatic N) is 1. The van der Waals surface area contributed by atoms with Crippen LogP contribution >= 0.6 is 27.2 Å². The van der Waals surface area contributed by atoms with Crippen LogP contribution in [-0.2, 0) is 30.0 Å². The van der Waals surface area contributed by atoms with Crippen molar-refractivity contribution in [1.29, 1.82) is 0 Å². The second-order valence-electron chi connectivity index (χ2n) is 7.70. The van der Waals surface area contributed by atoms with Crippen molar-refractivity contribution in [3.05, 3.63) is 89.5 Å². The Bertz CT molecular complexity index is 936. The summed E-state index contributed by atoms with van der Waals surface area (Å²) in [5, 5.41) is 12.9. The van der Waals surface area contributed by atoms with Crippen molar-refractivity contribution in [2.45, 2.75) is 32.2 Å². The van der Waals surface area contributed by atoms with Gasteiger partial charge in [-0.1, -0.05) is 75.7 Å². The standard InChI is InChI=1S/C25H28NOP.2ClH.Ti/c27-23-14-13-21(17-20-9-3-1-4-10-20)18-25(23)28-24-12-6-5-11-22(24)19-26-15-7-2-8-16-26;;;/h1,3-6,9-14,18,27-28H,2,7-8,15-17,19H2;2*1H;/q;;;+2/p-2. The average molecular weight is 508 g/mol. The molecule has 2 nitrogen and oxygen atoms in total. The Morgan fingerprint density at radius 1 is 0.806 bits per heavy atom. The molecule has 1 saturated heterocycles. The van der Waals surface area contributed by atoms with E-state index < -0.39 is 17.0 Å². The first-order valence-corrected chi connectivity index (χ1v) is 15.9. The summed E-state index contributed by atoms with van der Waals surface area (Å²) >= 11 is -0.556. The van der Waals surface area contributed by atoms with Gasteiger partial charge < -0.3 is 5.11 Å². The van der Waals surface area contributed by atoms with Crippen molar-refractivity contribution in [1.82, 2.24) is 4.90 Å². The van der Waals surface area contributed by atoms with Crippen molar-refractivity contribution >= 4 is 37.8 Å². The molecule has 1 aliphatic heterocycles. The molecular weight excluding hydrogens is 480 g/mol. The van der Waals surface area contributed by atoms with Crippen LogP contribution in [0.3, 0.4) is 0 Å². The Kier molecular flexibility index (Phi) is 10.9. The predicted octanol–water partition coefficient (Wildman–Crippen LogP) is 5.97. The normalized spacial score (nSPS) is 14.3. The van der Waals surface area contributed by atoms with Crippen LogP contribution in [0.25, 0.3) is 0 Å². The average Bonchev–Trinajstić information content (AvgIpc) is 2.79. The third kappa shape index (κ3) is 8.21. The molecule has 3 aromatic rings. The van der Waals surface area contributed by atoms with Crippen LogP contribution < -0.4 is 10.6 Å². The molecule has 0 spiro atoms. The molecule has 1 aliphatic rings. The third-order valence-electron chi connectivity index (χ3n) is 5.44. The molecule has 162 valence electrons. The molecule has 1 heterocycles. The summed E-state index contributed by atoms with van der Waals surface area (Å²) in [6, 6.07) is 25.3. The summed E-state index contributed by atoms with van der Waals surface area (Å²) in [4.78, 5) is 2.57. The molecule has 4 rings (SSSR count). The number of rotatable bonds is 6. The summed E-state index contributed by atoms with van der Waals surface area (Å²) in [6.07, 6.45) is 4.88. The third-order valence-corrected chi connectivity index (χ3v) is 6.87. The van der Waals surface area contributed by atoms with Gasteiger partial charge in [-0.05, 0) is 66.5 Å². The van der Waals surface area contributed by atoms with Crippen LogP contribution in [0.4, 0.5) is 0 Å². The van der Waals surface area contributed by atoms with Crippen LogP contribution in [0.15, 0.2) is 72.8 Å². The second kappa shape index (κ2) is 13.6. The van der Waals surface area contributed by atoms with E-state index in [1.807, 2.05) is 18.2 Å². The molecule has 0 saturated carbocycles. The molecule has 6 heteroatoms. The Balaban J connectivity index is 0.000000858. The van der Waals surface area contributed by atoms with E-state index in [0.29, 0.717) is 14.3 Å². The number of piperidine rings is 1.